The molecule has 100 valence electrons. The van der Waals surface area contributed by atoms with Gasteiger partial charge in [0.2, 0.25) is 0 Å². The molecule has 2 rings (SSSR count). The summed E-state index contributed by atoms with van der Waals surface area (Å²) in [4.78, 5) is 2.46. The monoisotopic (exact) mass is 246 g/mol. The van der Waals surface area contributed by atoms with E-state index in [2.05, 4.69) is 43.9 Å². The molecule has 2 N–H and O–H groups in total. The third-order valence-corrected chi connectivity index (χ3v) is 4.27. The lowest BCUT2D eigenvalue weighted by atomic mass is 10.0. The minimum absolute atomic E-state index is 0.0771. The van der Waals surface area contributed by atoms with E-state index >= 15 is 0 Å². The van der Waals surface area contributed by atoms with Gasteiger partial charge in [-0.1, -0.05) is 25.1 Å². The summed E-state index contributed by atoms with van der Waals surface area (Å²) in [7, 11) is 0. The van der Waals surface area contributed by atoms with Gasteiger partial charge >= 0.3 is 0 Å². The van der Waals surface area contributed by atoms with Gasteiger partial charge in [0.25, 0.3) is 0 Å². The highest BCUT2D eigenvalue weighted by Crippen LogP contribution is 2.24. The summed E-state index contributed by atoms with van der Waals surface area (Å²) < 4.78 is 0. The van der Waals surface area contributed by atoms with Gasteiger partial charge in [0.05, 0.1) is 0 Å². The average molecular weight is 246 g/mol. The molecule has 0 aromatic heterocycles. The third-order valence-electron chi connectivity index (χ3n) is 4.27. The van der Waals surface area contributed by atoms with Crippen LogP contribution in [0.1, 0.15) is 43.9 Å². The molecular formula is C16H26N2. The van der Waals surface area contributed by atoms with Gasteiger partial charge in [-0.15, -0.1) is 0 Å². The molecule has 2 nitrogen and oxygen atoms in total. The number of hydrogen-bond donors (Lipinski definition) is 1. The van der Waals surface area contributed by atoms with Crippen LogP contribution in [0.2, 0.25) is 0 Å². The van der Waals surface area contributed by atoms with Crippen LogP contribution >= 0.6 is 0 Å². The van der Waals surface area contributed by atoms with Crippen LogP contribution in [-0.2, 0) is 19.4 Å². The smallest absolute Gasteiger partial charge is 0.0278 e. The van der Waals surface area contributed by atoms with Crippen molar-refractivity contribution >= 4 is 0 Å². The Morgan fingerprint density at radius 3 is 2.61 bits per heavy atom. The summed E-state index contributed by atoms with van der Waals surface area (Å²) in [5.74, 6) is 0. The summed E-state index contributed by atoms with van der Waals surface area (Å²) in [5.41, 5.74) is 10.5. The fraction of sp³-hybridized carbons (Fsp3) is 0.625. The predicted molar refractivity (Wildman–Crippen MR) is 77.7 cm³/mol. The lowest BCUT2D eigenvalue weighted by Gasteiger charge is -2.37. The van der Waals surface area contributed by atoms with E-state index in [-0.39, 0.29) is 5.54 Å². The highest BCUT2D eigenvalue weighted by molar-refractivity contribution is 5.35. The molecule has 0 atom stereocenters. The minimum atomic E-state index is 0.0771. The Morgan fingerprint density at radius 2 is 1.94 bits per heavy atom. The van der Waals surface area contributed by atoms with Gasteiger partial charge in [-0.3, -0.25) is 4.90 Å². The van der Waals surface area contributed by atoms with Crippen molar-refractivity contribution in [1.82, 2.24) is 4.90 Å². The van der Waals surface area contributed by atoms with E-state index in [4.69, 9.17) is 5.73 Å². The number of nitrogens with two attached hydrogens (primary N) is 1. The van der Waals surface area contributed by atoms with Crippen LogP contribution in [0.4, 0.5) is 0 Å². The van der Waals surface area contributed by atoms with E-state index in [1.807, 2.05) is 0 Å². The minimum Gasteiger partial charge on any atom is -0.329 e. The van der Waals surface area contributed by atoms with Gasteiger partial charge in [-0.25, -0.2) is 0 Å². The SMILES string of the molecule is CCN(Cc1ccc2c(c1)CCC2)C(C)(C)CN. The number of rotatable bonds is 5. The van der Waals surface area contributed by atoms with Gasteiger partial charge in [-0.2, -0.15) is 0 Å². The molecule has 18 heavy (non-hydrogen) atoms. The molecule has 0 bridgehead atoms. The maximum absolute atomic E-state index is 5.88. The Bertz CT molecular complexity index is 410. The first-order valence-electron chi connectivity index (χ1n) is 7.12. The lowest BCUT2D eigenvalue weighted by Crippen LogP contribution is -2.48. The molecule has 0 saturated heterocycles. The highest BCUT2D eigenvalue weighted by atomic mass is 15.2. The Hall–Kier alpha value is -0.860. The quantitative estimate of drug-likeness (QED) is 0.865. The lowest BCUT2D eigenvalue weighted by molar-refractivity contribution is 0.126. The molecule has 1 aromatic rings. The Morgan fingerprint density at radius 1 is 1.22 bits per heavy atom. The van der Waals surface area contributed by atoms with Crippen molar-refractivity contribution in [3.8, 4) is 0 Å². The van der Waals surface area contributed by atoms with Gasteiger partial charge in [0.1, 0.15) is 0 Å². The molecule has 0 aliphatic heterocycles. The van der Waals surface area contributed by atoms with E-state index in [0.717, 1.165) is 13.1 Å². The Balaban J connectivity index is 2.13. The summed E-state index contributed by atoms with van der Waals surface area (Å²) in [5, 5.41) is 0. The molecule has 0 spiro atoms. The molecule has 0 heterocycles. The second kappa shape index (κ2) is 5.41. The Labute approximate surface area is 111 Å². The average Bonchev–Trinajstić information content (AvgIpc) is 2.83. The maximum Gasteiger partial charge on any atom is 0.0278 e. The van der Waals surface area contributed by atoms with Crippen molar-refractivity contribution in [2.24, 2.45) is 5.73 Å². The van der Waals surface area contributed by atoms with Crippen LogP contribution in [0.25, 0.3) is 0 Å². The van der Waals surface area contributed by atoms with Crippen LogP contribution in [0.3, 0.4) is 0 Å². The first-order valence-corrected chi connectivity index (χ1v) is 7.12. The highest BCUT2D eigenvalue weighted by Gasteiger charge is 2.24. The summed E-state index contributed by atoms with van der Waals surface area (Å²) in [6.07, 6.45) is 3.85. The molecule has 0 unspecified atom stereocenters. The fourth-order valence-electron chi connectivity index (χ4n) is 2.83. The predicted octanol–water partition coefficient (Wildman–Crippen LogP) is 2.73. The first-order chi connectivity index (χ1) is 8.56. The molecule has 0 amide bonds. The normalized spacial score (nSPS) is 15.2. The molecule has 1 aliphatic carbocycles. The second-order valence-electron chi connectivity index (χ2n) is 5.99. The van der Waals surface area contributed by atoms with Crippen molar-refractivity contribution in [2.75, 3.05) is 13.1 Å². The standard InChI is InChI=1S/C16H26N2/c1-4-18(16(2,3)12-17)11-13-8-9-14-6-5-7-15(14)10-13/h8-10H,4-7,11-12,17H2,1-3H3. The molecular weight excluding hydrogens is 220 g/mol. The van der Waals surface area contributed by atoms with Crippen LogP contribution in [-0.4, -0.2) is 23.5 Å². The summed E-state index contributed by atoms with van der Waals surface area (Å²) in [6, 6.07) is 7.01. The summed E-state index contributed by atoms with van der Waals surface area (Å²) >= 11 is 0. The molecule has 1 aliphatic rings. The van der Waals surface area contributed by atoms with E-state index in [1.165, 1.54) is 24.8 Å². The number of hydrogen-bond acceptors (Lipinski definition) is 2. The van der Waals surface area contributed by atoms with Gasteiger partial charge in [-0.05, 0) is 56.3 Å². The third kappa shape index (κ3) is 2.76. The zero-order chi connectivity index (χ0) is 13.2. The van der Waals surface area contributed by atoms with E-state index in [0.29, 0.717) is 6.54 Å². The van der Waals surface area contributed by atoms with Crippen molar-refractivity contribution < 1.29 is 0 Å². The van der Waals surface area contributed by atoms with Crippen molar-refractivity contribution in [3.63, 3.8) is 0 Å². The van der Waals surface area contributed by atoms with Crippen LogP contribution in [0, 0.1) is 0 Å². The topological polar surface area (TPSA) is 29.3 Å². The number of likely N-dealkylation sites (N-methyl/N-ethyl adjacent to an activating group) is 1. The number of nitrogens with zero attached hydrogens (tertiary/aromatic N) is 1. The zero-order valence-electron chi connectivity index (χ0n) is 12.0. The van der Waals surface area contributed by atoms with Gasteiger partial charge < -0.3 is 5.73 Å². The summed E-state index contributed by atoms with van der Waals surface area (Å²) in [6.45, 7) is 9.42. The molecule has 0 radical (unpaired) electrons. The fourth-order valence-corrected chi connectivity index (χ4v) is 2.83. The molecule has 2 heteroatoms. The van der Waals surface area contributed by atoms with E-state index in [9.17, 15) is 0 Å². The van der Waals surface area contributed by atoms with Gasteiger partial charge in [0.15, 0.2) is 0 Å². The first kappa shape index (κ1) is 13.6. The number of aryl methyl sites for hydroxylation is 2. The second-order valence-corrected chi connectivity index (χ2v) is 5.99. The molecule has 1 aromatic carbocycles. The maximum atomic E-state index is 5.88. The Kier molecular flexibility index (Phi) is 4.08. The zero-order valence-corrected chi connectivity index (χ0v) is 12.0. The largest absolute Gasteiger partial charge is 0.329 e. The van der Waals surface area contributed by atoms with Crippen molar-refractivity contribution in [3.05, 3.63) is 34.9 Å². The van der Waals surface area contributed by atoms with E-state index in [1.54, 1.807) is 11.1 Å². The molecule has 0 fully saturated rings. The van der Waals surface area contributed by atoms with Crippen molar-refractivity contribution in [1.29, 1.82) is 0 Å². The van der Waals surface area contributed by atoms with Crippen LogP contribution in [0.15, 0.2) is 18.2 Å². The van der Waals surface area contributed by atoms with Crippen LogP contribution in [0.5, 0.6) is 0 Å². The number of benzene rings is 1. The van der Waals surface area contributed by atoms with Gasteiger partial charge in [0, 0.05) is 18.6 Å². The molecule has 0 saturated carbocycles. The number of fused-ring (bicyclic) bond motifs is 1. The van der Waals surface area contributed by atoms with E-state index < -0.39 is 0 Å². The van der Waals surface area contributed by atoms with Crippen molar-refractivity contribution in [2.45, 2.75) is 52.1 Å². The van der Waals surface area contributed by atoms with Crippen LogP contribution < -0.4 is 5.73 Å².